The lowest BCUT2D eigenvalue weighted by atomic mass is 10.0. The first-order chi connectivity index (χ1) is 15.7. The van der Waals surface area contributed by atoms with Crippen LogP contribution in [-0.4, -0.2) is 29.2 Å². The minimum absolute atomic E-state index is 0.00722. The number of hydrogen-bond donors (Lipinski definition) is 0. The van der Waals surface area contributed by atoms with Gasteiger partial charge in [-0.05, 0) is 48.2 Å². The van der Waals surface area contributed by atoms with Crippen LogP contribution in [0.3, 0.4) is 0 Å². The van der Waals surface area contributed by atoms with E-state index >= 15 is 0 Å². The molecule has 1 aliphatic heterocycles. The number of amides is 1. The predicted octanol–water partition coefficient (Wildman–Crippen LogP) is 4.93. The van der Waals surface area contributed by atoms with E-state index in [9.17, 15) is 9.59 Å². The number of carbonyl (C=O) groups is 2. The van der Waals surface area contributed by atoms with Crippen LogP contribution in [0.1, 0.15) is 11.1 Å². The van der Waals surface area contributed by atoms with Crippen LogP contribution in [0.2, 0.25) is 0 Å². The van der Waals surface area contributed by atoms with Gasteiger partial charge in [0, 0.05) is 0 Å². The maximum Gasteiger partial charge on any atom is 0.316 e. The fourth-order valence-corrected chi connectivity index (χ4v) is 4.47. The smallest absolute Gasteiger partial charge is 0.316 e. The summed E-state index contributed by atoms with van der Waals surface area (Å²) in [5.74, 6) is -0.776. The zero-order valence-corrected chi connectivity index (χ0v) is 18.0. The van der Waals surface area contributed by atoms with Crippen LogP contribution >= 0.6 is 11.8 Å². The minimum atomic E-state index is -0.498. The van der Waals surface area contributed by atoms with Crippen LogP contribution in [0.25, 0.3) is 11.1 Å². The van der Waals surface area contributed by atoms with E-state index in [0.29, 0.717) is 10.8 Å². The fourth-order valence-electron chi connectivity index (χ4n) is 3.83. The standard InChI is InChI=1S/C25H20N2O4S/c28-23(15-30-24(29)16-32-25-26-19-9-3-6-12-22(19)31-25)27-20-10-4-1-7-17(20)13-14-18-8-2-5-11-21(18)27/h1-12H,13-16H2. The van der Waals surface area contributed by atoms with Crippen molar-refractivity contribution >= 4 is 46.1 Å². The Labute approximate surface area is 189 Å². The van der Waals surface area contributed by atoms with Gasteiger partial charge in [-0.3, -0.25) is 14.5 Å². The van der Waals surface area contributed by atoms with Crippen molar-refractivity contribution in [2.24, 2.45) is 0 Å². The SMILES string of the molecule is O=C(CSc1nc2ccccc2o1)OCC(=O)N1c2ccccc2CCc2ccccc21. The average molecular weight is 445 g/mol. The number of thioether (sulfide) groups is 1. The Hall–Kier alpha value is -3.58. The first kappa shape index (κ1) is 20.3. The van der Waals surface area contributed by atoms with E-state index in [1.807, 2.05) is 72.8 Å². The molecule has 0 fully saturated rings. The second-order valence-electron chi connectivity index (χ2n) is 7.38. The molecular weight excluding hydrogens is 424 g/mol. The molecule has 1 aromatic heterocycles. The molecule has 0 saturated carbocycles. The maximum atomic E-state index is 13.2. The van der Waals surface area contributed by atoms with Gasteiger partial charge >= 0.3 is 5.97 Å². The van der Waals surface area contributed by atoms with E-state index in [2.05, 4.69) is 4.98 Å². The highest BCUT2D eigenvalue weighted by Crippen LogP contribution is 2.36. The van der Waals surface area contributed by atoms with E-state index < -0.39 is 5.97 Å². The largest absolute Gasteiger partial charge is 0.455 e. The molecule has 160 valence electrons. The number of oxazole rings is 1. The second kappa shape index (κ2) is 8.88. The zero-order chi connectivity index (χ0) is 21.9. The van der Waals surface area contributed by atoms with Gasteiger partial charge in [0.05, 0.1) is 11.4 Å². The van der Waals surface area contributed by atoms with Gasteiger partial charge < -0.3 is 9.15 Å². The summed E-state index contributed by atoms with van der Waals surface area (Å²) in [7, 11) is 0. The first-order valence-corrected chi connectivity index (χ1v) is 11.3. The molecule has 5 rings (SSSR count). The summed E-state index contributed by atoms with van der Waals surface area (Å²) in [4.78, 5) is 31.5. The summed E-state index contributed by atoms with van der Waals surface area (Å²) in [6, 6.07) is 23.1. The lowest BCUT2D eigenvalue weighted by molar-refractivity contribution is -0.144. The number of rotatable bonds is 5. The Morgan fingerprint density at radius 2 is 1.53 bits per heavy atom. The molecule has 4 aromatic rings. The number of anilines is 2. The molecular formula is C25H20N2O4S. The van der Waals surface area contributed by atoms with E-state index in [1.54, 1.807) is 4.90 Å². The molecule has 0 atom stereocenters. The Bertz CT molecular complexity index is 1220. The summed E-state index contributed by atoms with van der Waals surface area (Å²) in [5, 5.41) is 0.393. The molecule has 0 N–H and O–H groups in total. The molecule has 32 heavy (non-hydrogen) atoms. The van der Waals surface area contributed by atoms with E-state index in [4.69, 9.17) is 9.15 Å². The van der Waals surface area contributed by atoms with E-state index in [-0.39, 0.29) is 18.3 Å². The highest BCUT2D eigenvalue weighted by atomic mass is 32.2. The van der Waals surface area contributed by atoms with Gasteiger partial charge in [-0.2, -0.15) is 0 Å². The van der Waals surface area contributed by atoms with Crippen LogP contribution in [0, 0.1) is 0 Å². The molecule has 3 aromatic carbocycles. The third-order valence-electron chi connectivity index (χ3n) is 5.32. The topological polar surface area (TPSA) is 72.6 Å². The number of aromatic nitrogens is 1. The molecule has 7 heteroatoms. The van der Waals surface area contributed by atoms with Gasteiger partial charge in [-0.15, -0.1) is 0 Å². The lowest BCUT2D eigenvalue weighted by Gasteiger charge is -2.24. The van der Waals surface area contributed by atoms with Crippen molar-refractivity contribution < 1.29 is 18.7 Å². The van der Waals surface area contributed by atoms with Crippen LogP contribution in [0.15, 0.2) is 82.4 Å². The van der Waals surface area contributed by atoms with Gasteiger partial charge in [0.1, 0.15) is 11.3 Å². The second-order valence-corrected chi connectivity index (χ2v) is 8.31. The number of hydrogen-bond acceptors (Lipinski definition) is 6. The monoisotopic (exact) mass is 444 g/mol. The van der Waals surface area contributed by atoms with Crippen molar-refractivity contribution in [3.63, 3.8) is 0 Å². The van der Waals surface area contributed by atoms with Gasteiger partial charge in [0.25, 0.3) is 11.1 Å². The number of benzene rings is 3. The fraction of sp³-hybridized carbons (Fsp3) is 0.160. The average Bonchev–Trinajstić information content (AvgIpc) is 3.16. The number of aryl methyl sites for hydroxylation is 2. The molecule has 1 aliphatic rings. The summed E-state index contributed by atoms with van der Waals surface area (Å²) in [5.41, 5.74) is 5.25. The molecule has 0 unspecified atom stereocenters. The van der Waals surface area contributed by atoms with Crippen LogP contribution in [-0.2, 0) is 27.2 Å². The summed E-state index contributed by atoms with van der Waals surface area (Å²) in [6.07, 6.45) is 1.69. The first-order valence-electron chi connectivity index (χ1n) is 10.3. The van der Waals surface area contributed by atoms with Crippen molar-refractivity contribution in [3.8, 4) is 0 Å². The molecule has 0 radical (unpaired) electrons. The van der Waals surface area contributed by atoms with Gasteiger partial charge in [-0.1, -0.05) is 60.3 Å². The Kier molecular flexibility index (Phi) is 5.64. The normalized spacial score (nSPS) is 12.7. The molecule has 1 amide bonds. The number of fused-ring (bicyclic) bond motifs is 3. The highest BCUT2D eigenvalue weighted by molar-refractivity contribution is 7.99. The third-order valence-corrected chi connectivity index (χ3v) is 6.12. The molecule has 0 spiro atoms. The third kappa shape index (κ3) is 4.11. The Morgan fingerprint density at radius 3 is 2.22 bits per heavy atom. The van der Waals surface area contributed by atoms with Crippen molar-refractivity contribution in [2.75, 3.05) is 17.3 Å². The number of esters is 1. The quantitative estimate of drug-likeness (QED) is 0.321. The molecule has 0 aliphatic carbocycles. The predicted molar refractivity (Wildman–Crippen MR) is 123 cm³/mol. The summed E-state index contributed by atoms with van der Waals surface area (Å²) in [6.45, 7) is -0.338. The number of carbonyl (C=O) groups excluding carboxylic acids is 2. The number of para-hydroxylation sites is 4. The highest BCUT2D eigenvalue weighted by Gasteiger charge is 2.26. The van der Waals surface area contributed by atoms with Crippen molar-refractivity contribution in [1.82, 2.24) is 4.98 Å². The summed E-state index contributed by atoms with van der Waals surface area (Å²) >= 11 is 1.14. The Morgan fingerprint density at radius 1 is 0.906 bits per heavy atom. The van der Waals surface area contributed by atoms with Gasteiger partial charge in [0.2, 0.25) is 0 Å². The van der Waals surface area contributed by atoms with Crippen molar-refractivity contribution in [3.05, 3.63) is 83.9 Å². The summed E-state index contributed by atoms with van der Waals surface area (Å²) < 4.78 is 10.9. The number of ether oxygens (including phenoxy) is 1. The molecule has 2 heterocycles. The van der Waals surface area contributed by atoms with Crippen molar-refractivity contribution in [2.45, 2.75) is 18.1 Å². The number of nitrogens with zero attached hydrogens (tertiary/aromatic N) is 2. The van der Waals surface area contributed by atoms with Gasteiger partial charge in [-0.25, -0.2) is 4.98 Å². The van der Waals surface area contributed by atoms with Crippen molar-refractivity contribution in [1.29, 1.82) is 0 Å². The van der Waals surface area contributed by atoms with Crippen LogP contribution in [0.5, 0.6) is 0 Å². The lowest BCUT2D eigenvalue weighted by Crippen LogP contribution is -2.31. The molecule has 0 bridgehead atoms. The molecule has 0 saturated heterocycles. The van der Waals surface area contributed by atoms with E-state index in [0.717, 1.165) is 52.6 Å². The van der Waals surface area contributed by atoms with Crippen LogP contribution < -0.4 is 4.90 Å². The Balaban J connectivity index is 1.27. The van der Waals surface area contributed by atoms with Crippen LogP contribution in [0.4, 0.5) is 11.4 Å². The van der Waals surface area contributed by atoms with Gasteiger partial charge in [0.15, 0.2) is 12.2 Å². The zero-order valence-electron chi connectivity index (χ0n) is 17.2. The van der Waals surface area contributed by atoms with E-state index in [1.165, 1.54) is 0 Å². The molecule has 6 nitrogen and oxygen atoms in total. The minimum Gasteiger partial charge on any atom is -0.455 e. The maximum absolute atomic E-state index is 13.2.